The van der Waals surface area contributed by atoms with Gasteiger partial charge in [-0.3, -0.25) is 0 Å². The predicted molar refractivity (Wildman–Crippen MR) is 35.3 cm³/mol. The summed E-state index contributed by atoms with van der Waals surface area (Å²) in [4.78, 5) is 0. The van der Waals surface area contributed by atoms with Crippen molar-refractivity contribution in [3.05, 3.63) is 0 Å². The maximum atomic E-state index is 5.19. The molecule has 1 aliphatic heterocycles. The molecule has 0 spiro atoms. The number of esters is 1. The zero-order valence-corrected chi connectivity index (χ0v) is 6.02. The van der Waals surface area contributed by atoms with Crippen LogP contribution in [0.4, 0.5) is 0 Å². The second-order valence-corrected chi connectivity index (χ2v) is 2.52. The SMILES string of the molecule is C[O+]=C1CC(C)CCO1. The summed E-state index contributed by atoms with van der Waals surface area (Å²) in [5.74, 6) is 1.53. The molecule has 2 nitrogen and oxygen atoms in total. The van der Waals surface area contributed by atoms with Crippen molar-refractivity contribution < 1.29 is 9.16 Å². The highest BCUT2D eigenvalue weighted by Crippen LogP contribution is 2.13. The lowest BCUT2D eigenvalue weighted by Crippen LogP contribution is -2.20. The van der Waals surface area contributed by atoms with Gasteiger partial charge < -0.3 is 9.16 Å². The van der Waals surface area contributed by atoms with Crippen LogP contribution in [-0.4, -0.2) is 19.7 Å². The molecule has 1 fully saturated rings. The third-order valence-corrected chi connectivity index (χ3v) is 1.62. The van der Waals surface area contributed by atoms with Crippen LogP contribution in [-0.2, 0) is 9.16 Å². The number of hydrogen-bond acceptors (Lipinski definition) is 1. The van der Waals surface area contributed by atoms with Crippen molar-refractivity contribution in [1.82, 2.24) is 0 Å². The third-order valence-electron chi connectivity index (χ3n) is 1.62. The standard InChI is InChI=1S/C7H13O2/c1-6-3-4-9-7(5-6)8-2/h6H,3-5H2,1-2H3/q+1. The first kappa shape index (κ1) is 6.59. The molecule has 1 aliphatic rings. The number of rotatable bonds is 0. The summed E-state index contributed by atoms with van der Waals surface area (Å²) in [6, 6.07) is 0. The van der Waals surface area contributed by atoms with Gasteiger partial charge in [-0.05, 0) is 5.92 Å². The Labute approximate surface area is 55.5 Å². The van der Waals surface area contributed by atoms with Crippen molar-refractivity contribution in [1.29, 1.82) is 0 Å². The minimum absolute atomic E-state index is 0.730. The van der Waals surface area contributed by atoms with Crippen LogP contribution in [0.1, 0.15) is 19.8 Å². The third kappa shape index (κ3) is 1.70. The Kier molecular flexibility index (Phi) is 2.09. The van der Waals surface area contributed by atoms with E-state index in [1.165, 1.54) is 0 Å². The van der Waals surface area contributed by atoms with E-state index in [1.54, 1.807) is 7.11 Å². The number of hydrogen-bond donors (Lipinski definition) is 0. The maximum Gasteiger partial charge on any atom is 0.484 e. The van der Waals surface area contributed by atoms with Crippen molar-refractivity contribution in [2.24, 2.45) is 5.92 Å². The van der Waals surface area contributed by atoms with Crippen LogP contribution < -0.4 is 0 Å². The molecule has 52 valence electrons. The topological polar surface area (TPSA) is 20.5 Å². The normalized spacial score (nSPS) is 32.2. The summed E-state index contributed by atoms with van der Waals surface area (Å²) < 4.78 is 10.1. The Bertz CT molecular complexity index is 118. The average molecular weight is 129 g/mol. The Hall–Kier alpha value is -0.530. The molecule has 0 amide bonds. The lowest BCUT2D eigenvalue weighted by molar-refractivity contribution is -0.434. The van der Waals surface area contributed by atoms with Crippen LogP contribution in [0.5, 0.6) is 0 Å². The van der Waals surface area contributed by atoms with Crippen molar-refractivity contribution >= 4 is 5.97 Å². The smallest absolute Gasteiger partial charge is 0.325 e. The lowest BCUT2D eigenvalue weighted by Gasteiger charge is -2.10. The fourth-order valence-corrected chi connectivity index (χ4v) is 0.962. The van der Waals surface area contributed by atoms with Crippen LogP contribution in [0.2, 0.25) is 0 Å². The molecule has 0 aromatic rings. The molecule has 0 N–H and O–H groups in total. The molecule has 0 bridgehead atoms. The molecule has 0 saturated carbocycles. The zero-order chi connectivity index (χ0) is 6.69. The summed E-state index contributed by atoms with van der Waals surface area (Å²) in [6.45, 7) is 3.03. The number of cyclic esters (lactones) is 1. The van der Waals surface area contributed by atoms with Gasteiger partial charge >= 0.3 is 5.97 Å². The molecule has 1 unspecified atom stereocenters. The van der Waals surface area contributed by atoms with Gasteiger partial charge in [0.1, 0.15) is 6.42 Å². The van der Waals surface area contributed by atoms with Gasteiger partial charge in [-0.1, -0.05) is 6.92 Å². The summed E-state index contributed by atoms with van der Waals surface area (Å²) in [6.07, 6.45) is 2.13. The monoisotopic (exact) mass is 129 g/mol. The Morgan fingerprint density at radius 2 is 2.44 bits per heavy atom. The van der Waals surface area contributed by atoms with Gasteiger partial charge in [-0.2, -0.15) is 0 Å². The van der Waals surface area contributed by atoms with E-state index >= 15 is 0 Å². The highest BCUT2D eigenvalue weighted by molar-refractivity contribution is 5.70. The van der Waals surface area contributed by atoms with Gasteiger partial charge in [0.2, 0.25) is 0 Å². The number of carbonyl (C=O) groups excluding carboxylic acids is 1. The first-order chi connectivity index (χ1) is 4.33. The van der Waals surface area contributed by atoms with E-state index in [0.717, 1.165) is 31.3 Å². The molecule has 0 radical (unpaired) electrons. The van der Waals surface area contributed by atoms with Gasteiger partial charge in [0.25, 0.3) is 0 Å². The molecule has 1 atom stereocenters. The molecule has 2 heteroatoms. The van der Waals surface area contributed by atoms with E-state index in [2.05, 4.69) is 6.92 Å². The minimum atomic E-state index is 0.730. The van der Waals surface area contributed by atoms with E-state index < -0.39 is 0 Å². The molecule has 1 rings (SSSR count). The maximum absolute atomic E-state index is 5.19. The zero-order valence-electron chi connectivity index (χ0n) is 6.02. The number of ether oxygens (including phenoxy) is 1. The first-order valence-corrected chi connectivity index (χ1v) is 3.35. The molecular formula is C7H13O2+. The summed E-state index contributed by atoms with van der Waals surface area (Å²) in [7, 11) is 1.66. The van der Waals surface area contributed by atoms with Gasteiger partial charge in [0, 0.05) is 6.42 Å². The summed E-state index contributed by atoms with van der Waals surface area (Å²) in [5.41, 5.74) is 0. The minimum Gasteiger partial charge on any atom is -0.325 e. The van der Waals surface area contributed by atoms with Crippen LogP contribution in [0.3, 0.4) is 0 Å². The van der Waals surface area contributed by atoms with Gasteiger partial charge in [-0.25, -0.2) is 0 Å². The Morgan fingerprint density at radius 3 is 2.89 bits per heavy atom. The van der Waals surface area contributed by atoms with E-state index in [1.807, 2.05) is 0 Å². The van der Waals surface area contributed by atoms with Crippen molar-refractivity contribution in [2.45, 2.75) is 19.8 Å². The molecule has 1 heterocycles. The van der Waals surface area contributed by atoms with Crippen molar-refractivity contribution in [2.75, 3.05) is 13.7 Å². The van der Waals surface area contributed by atoms with Crippen LogP contribution in [0.25, 0.3) is 0 Å². The largest absolute Gasteiger partial charge is 0.484 e. The molecule has 0 aromatic heterocycles. The summed E-state index contributed by atoms with van der Waals surface area (Å²) in [5, 5.41) is 0. The van der Waals surface area contributed by atoms with E-state index in [4.69, 9.17) is 9.16 Å². The highest BCUT2D eigenvalue weighted by atomic mass is 16.6. The van der Waals surface area contributed by atoms with Crippen LogP contribution >= 0.6 is 0 Å². The van der Waals surface area contributed by atoms with Crippen molar-refractivity contribution in [3.63, 3.8) is 0 Å². The Morgan fingerprint density at radius 1 is 1.67 bits per heavy atom. The quantitative estimate of drug-likeness (QED) is 0.354. The highest BCUT2D eigenvalue weighted by Gasteiger charge is 2.24. The van der Waals surface area contributed by atoms with E-state index in [0.29, 0.717) is 0 Å². The Balaban J connectivity index is 2.41. The average Bonchev–Trinajstić information content (AvgIpc) is 1.88. The van der Waals surface area contributed by atoms with E-state index in [-0.39, 0.29) is 0 Å². The predicted octanol–water partition coefficient (Wildman–Crippen LogP) is 1.12. The fraction of sp³-hybridized carbons (Fsp3) is 0.857. The second-order valence-electron chi connectivity index (χ2n) is 2.52. The first-order valence-electron chi connectivity index (χ1n) is 3.35. The molecule has 9 heavy (non-hydrogen) atoms. The molecule has 1 saturated heterocycles. The summed E-state index contributed by atoms with van der Waals surface area (Å²) >= 11 is 0. The molecule has 0 aromatic carbocycles. The van der Waals surface area contributed by atoms with Gasteiger partial charge in [0.05, 0.1) is 0 Å². The second kappa shape index (κ2) is 2.85. The lowest BCUT2D eigenvalue weighted by atomic mass is 10.0. The molecular weight excluding hydrogens is 116 g/mol. The van der Waals surface area contributed by atoms with Gasteiger partial charge in [0.15, 0.2) is 13.7 Å². The fourth-order valence-electron chi connectivity index (χ4n) is 0.962. The molecule has 0 aliphatic carbocycles. The van der Waals surface area contributed by atoms with Gasteiger partial charge in [-0.15, -0.1) is 0 Å². The van der Waals surface area contributed by atoms with Crippen LogP contribution in [0, 0.1) is 5.92 Å². The van der Waals surface area contributed by atoms with Crippen molar-refractivity contribution in [3.8, 4) is 0 Å². The van der Waals surface area contributed by atoms with E-state index in [9.17, 15) is 0 Å². The van der Waals surface area contributed by atoms with Crippen LogP contribution in [0.15, 0.2) is 0 Å².